The number of ether oxygens (including phenoxy) is 1. The molecule has 2 heterocycles. The fourth-order valence-corrected chi connectivity index (χ4v) is 2.69. The summed E-state index contributed by atoms with van der Waals surface area (Å²) in [6, 6.07) is 6.36. The zero-order valence-electron chi connectivity index (χ0n) is 10.9. The van der Waals surface area contributed by atoms with E-state index in [-0.39, 0.29) is 11.6 Å². The topological polar surface area (TPSA) is 104 Å². The molecule has 0 fully saturated rings. The third-order valence-corrected chi connectivity index (χ3v) is 3.69. The van der Waals surface area contributed by atoms with E-state index in [4.69, 9.17) is 10.5 Å². The Morgan fingerprint density at radius 2 is 2.14 bits per heavy atom. The second-order valence-electron chi connectivity index (χ2n) is 4.33. The van der Waals surface area contributed by atoms with Crippen LogP contribution in [-0.4, -0.2) is 14.9 Å². The number of fused-ring (bicyclic) bond motifs is 1. The number of nitrogens with zero attached hydrogens (tertiary/aromatic N) is 3. The molecular formula is C13H10N4O3S. The molecule has 0 unspecified atom stereocenters. The molecule has 0 aliphatic heterocycles. The lowest BCUT2D eigenvalue weighted by atomic mass is 10.2. The maximum absolute atomic E-state index is 10.8. The summed E-state index contributed by atoms with van der Waals surface area (Å²) in [6.45, 7) is 1.65. The summed E-state index contributed by atoms with van der Waals surface area (Å²) in [5, 5.41) is 13.4. The first-order valence-corrected chi connectivity index (χ1v) is 6.86. The minimum atomic E-state index is -0.432. The van der Waals surface area contributed by atoms with E-state index in [2.05, 4.69) is 9.97 Å². The lowest BCUT2D eigenvalue weighted by Crippen LogP contribution is -1.98. The molecule has 0 atom stereocenters. The number of nitro benzene ring substituents is 1. The van der Waals surface area contributed by atoms with Crippen LogP contribution < -0.4 is 10.5 Å². The Bertz CT molecular complexity index is 847. The van der Waals surface area contributed by atoms with E-state index < -0.39 is 4.92 Å². The van der Waals surface area contributed by atoms with Crippen molar-refractivity contribution in [1.29, 1.82) is 0 Å². The molecule has 2 N–H and O–H groups in total. The average Bonchev–Trinajstić information content (AvgIpc) is 2.86. The van der Waals surface area contributed by atoms with Crippen LogP contribution in [0.25, 0.3) is 10.2 Å². The molecule has 106 valence electrons. The van der Waals surface area contributed by atoms with Crippen molar-refractivity contribution in [3.63, 3.8) is 0 Å². The molecule has 7 nitrogen and oxygen atoms in total. The van der Waals surface area contributed by atoms with Crippen molar-refractivity contribution in [1.82, 2.24) is 9.97 Å². The number of nitrogen functional groups attached to an aromatic ring is 1. The van der Waals surface area contributed by atoms with Gasteiger partial charge in [0.2, 0.25) is 11.8 Å². The van der Waals surface area contributed by atoms with Gasteiger partial charge in [0.15, 0.2) is 0 Å². The molecular weight excluding hydrogens is 292 g/mol. The summed E-state index contributed by atoms with van der Waals surface area (Å²) in [5.74, 6) is 0.925. The number of rotatable bonds is 3. The monoisotopic (exact) mass is 302 g/mol. The maximum Gasteiger partial charge on any atom is 0.272 e. The maximum atomic E-state index is 10.8. The summed E-state index contributed by atoms with van der Waals surface area (Å²) in [6.07, 6.45) is 0. The average molecular weight is 302 g/mol. The molecule has 0 saturated carbocycles. The van der Waals surface area contributed by atoms with Crippen LogP contribution in [0.15, 0.2) is 29.6 Å². The van der Waals surface area contributed by atoms with Crippen LogP contribution in [0.2, 0.25) is 0 Å². The molecule has 2 aromatic heterocycles. The fourth-order valence-electron chi connectivity index (χ4n) is 1.93. The van der Waals surface area contributed by atoms with Crippen LogP contribution >= 0.6 is 11.3 Å². The number of nitro groups is 1. The third-order valence-electron chi connectivity index (χ3n) is 2.89. The van der Waals surface area contributed by atoms with Gasteiger partial charge in [-0.25, -0.2) is 4.98 Å². The second kappa shape index (κ2) is 4.98. The highest BCUT2D eigenvalue weighted by atomic mass is 32.1. The van der Waals surface area contributed by atoms with Crippen molar-refractivity contribution in [3.05, 3.63) is 45.3 Å². The SMILES string of the molecule is Cc1cc(Oc2nc(N)nc3sccc23)ccc1[N+](=O)[O-]. The highest BCUT2D eigenvalue weighted by molar-refractivity contribution is 7.16. The predicted octanol–water partition coefficient (Wildman–Crippen LogP) is 3.28. The van der Waals surface area contributed by atoms with Crippen molar-refractivity contribution >= 4 is 33.2 Å². The third kappa shape index (κ3) is 2.48. The summed E-state index contributed by atoms with van der Waals surface area (Å²) in [7, 11) is 0. The molecule has 0 spiro atoms. The lowest BCUT2D eigenvalue weighted by Gasteiger charge is -2.07. The Morgan fingerprint density at radius 3 is 2.86 bits per heavy atom. The molecule has 0 aliphatic rings. The lowest BCUT2D eigenvalue weighted by molar-refractivity contribution is -0.385. The molecule has 0 amide bonds. The van der Waals surface area contributed by atoms with Gasteiger partial charge in [-0.05, 0) is 30.5 Å². The van der Waals surface area contributed by atoms with E-state index in [0.29, 0.717) is 17.2 Å². The predicted molar refractivity (Wildman–Crippen MR) is 79.7 cm³/mol. The van der Waals surface area contributed by atoms with Crippen molar-refractivity contribution < 1.29 is 9.66 Å². The first-order chi connectivity index (χ1) is 10.0. The molecule has 21 heavy (non-hydrogen) atoms. The summed E-state index contributed by atoms with van der Waals surface area (Å²) < 4.78 is 5.70. The smallest absolute Gasteiger partial charge is 0.272 e. The molecule has 8 heteroatoms. The van der Waals surface area contributed by atoms with Gasteiger partial charge < -0.3 is 10.5 Å². The van der Waals surface area contributed by atoms with Gasteiger partial charge in [-0.3, -0.25) is 10.1 Å². The van der Waals surface area contributed by atoms with Gasteiger partial charge >= 0.3 is 0 Å². The number of aromatic nitrogens is 2. The number of aryl methyl sites for hydroxylation is 1. The molecule has 3 aromatic rings. The molecule has 1 aromatic carbocycles. The quantitative estimate of drug-likeness (QED) is 0.588. The van der Waals surface area contributed by atoms with Crippen molar-refractivity contribution in [3.8, 4) is 11.6 Å². The Kier molecular flexibility index (Phi) is 3.15. The zero-order chi connectivity index (χ0) is 15.0. The van der Waals surface area contributed by atoms with Crippen LogP contribution in [0.4, 0.5) is 11.6 Å². The molecule has 0 radical (unpaired) electrons. The highest BCUT2D eigenvalue weighted by Gasteiger charge is 2.13. The van der Waals surface area contributed by atoms with E-state index in [1.54, 1.807) is 13.0 Å². The van der Waals surface area contributed by atoms with Crippen molar-refractivity contribution in [2.45, 2.75) is 6.92 Å². The number of hydrogen-bond donors (Lipinski definition) is 1. The number of thiophene rings is 1. The van der Waals surface area contributed by atoms with Crippen LogP contribution in [0.1, 0.15) is 5.56 Å². The molecule has 0 bridgehead atoms. The Labute approximate surface area is 123 Å². The molecule has 3 rings (SSSR count). The number of nitrogens with two attached hydrogens (primary N) is 1. The Balaban J connectivity index is 2.00. The van der Waals surface area contributed by atoms with Gasteiger partial charge in [0.1, 0.15) is 10.6 Å². The fraction of sp³-hybridized carbons (Fsp3) is 0.0769. The van der Waals surface area contributed by atoms with E-state index in [1.165, 1.54) is 23.5 Å². The van der Waals surface area contributed by atoms with Crippen LogP contribution in [0, 0.1) is 17.0 Å². The minimum Gasteiger partial charge on any atom is -0.438 e. The summed E-state index contributed by atoms with van der Waals surface area (Å²) >= 11 is 1.44. The number of benzene rings is 1. The van der Waals surface area contributed by atoms with E-state index in [9.17, 15) is 10.1 Å². The Hall–Kier alpha value is -2.74. The van der Waals surface area contributed by atoms with Crippen molar-refractivity contribution in [2.75, 3.05) is 5.73 Å². The van der Waals surface area contributed by atoms with Gasteiger partial charge in [0, 0.05) is 11.6 Å². The van der Waals surface area contributed by atoms with Gasteiger partial charge in [-0.1, -0.05) is 0 Å². The first kappa shape index (κ1) is 13.3. The summed E-state index contributed by atoms with van der Waals surface area (Å²) in [4.78, 5) is 19.3. The largest absolute Gasteiger partial charge is 0.438 e. The first-order valence-electron chi connectivity index (χ1n) is 5.98. The summed E-state index contributed by atoms with van der Waals surface area (Å²) in [5.41, 5.74) is 6.21. The standard InChI is InChI=1S/C13H10N4O3S/c1-7-6-8(2-3-10(7)17(18)19)20-11-9-4-5-21-12(9)16-13(14)15-11/h2-6H,1H3,(H2,14,15,16). The Morgan fingerprint density at radius 1 is 1.33 bits per heavy atom. The van der Waals surface area contributed by atoms with Crippen LogP contribution in [0.5, 0.6) is 11.6 Å². The van der Waals surface area contributed by atoms with Crippen LogP contribution in [-0.2, 0) is 0 Å². The van der Waals surface area contributed by atoms with Gasteiger partial charge in [0.05, 0.1) is 10.3 Å². The molecule has 0 saturated heterocycles. The second-order valence-corrected chi connectivity index (χ2v) is 5.23. The van der Waals surface area contributed by atoms with Gasteiger partial charge in [-0.15, -0.1) is 11.3 Å². The van der Waals surface area contributed by atoms with E-state index in [1.807, 2.05) is 11.4 Å². The molecule has 0 aliphatic carbocycles. The number of hydrogen-bond acceptors (Lipinski definition) is 7. The highest BCUT2D eigenvalue weighted by Crippen LogP contribution is 2.32. The number of anilines is 1. The van der Waals surface area contributed by atoms with Gasteiger partial charge in [0.25, 0.3) is 5.69 Å². The van der Waals surface area contributed by atoms with Gasteiger partial charge in [-0.2, -0.15) is 4.98 Å². The minimum absolute atomic E-state index is 0.0465. The zero-order valence-corrected chi connectivity index (χ0v) is 11.8. The van der Waals surface area contributed by atoms with E-state index >= 15 is 0 Å². The van der Waals surface area contributed by atoms with Crippen LogP contribution in [0.3, 0.4) is 0 Å². The van der Waals surface area contributed by atoms with Crippen molar-refractivity contribution in [2.24, 2.45) is 0 Å². The normalized spacial score (nSPS) is 10.7. The van der Waals surface area contributed by atoms with E-state index in [0.717, 1.165) is 10.2 Å².